The Balaban J connectivity index is 2.39. The van der Waals surface area contributed by atoms with Gasteiger partial charge in [-0.25, -0.2) is 0 Å². The molecular weight excluding hydrogens is 262 g/mol. The second kappa shape index (κ2) is 6.39. The summed E-state index contributed by atoms with van der Waals surface area (Å²) in [4.78, 5) is 0. The number of nitrogens with one attached hydrogen (secondary N) is 1. The summed E-state index contributed by atoms with van der Waals surface area (Å²) in [5, 5.41) is 4.39. The minimum Gasteiger partial charge on any atom is -0.493 e. The Morgan fingerprint density at radius 2 is 1.84 bits per heavy atom. The van der Waals surface area contributed by atoms with E-state index in [1.807, 2.05) is 23.9 Å². The van der Waals surface area contributed by atoms with E-state index in [4.69, 9.17) is 14.2 Å². The maximum Gasteiger partial charge on any atom is 0.203 e. The summed E-state index contributed by atoms with van der Waals surface area (Å²) in [5.41, 5.74) is 1.11. The van der Waals surface area contributed by atoms with Crippen LogP contribution >= 0.6 is 11.8 Å². The first-order valence-corrected chi connectivity index (χ1v) is 7.33. The molecule has 0 aliphatic carbocycles. The molecule has 0 aromatic heterocycles. The van der Waals surface area contributed by atoms with E-state index >= 15 is 0 Å². The molecular formula is C14H21NO3S. The fraction of sp³-hybridized carbons (Fsp3) is 0.571. The number of thioether (sulfide) groups is 1. The van der Waals surface area contributed by atoms with Gasteiger partial charge in [-0.1, -0.05) is 6.92 Å². The van der Waals surface area contributed by atoms with Crippen LogP contribution < -0.4 is 19.5 Å². The summed E-state index contributed by atoms with van der Waals surface area (Å²) in [6, 6.07) is 3.97. The third kappa shape index (κ3) is 2.92. The second-order valence-electron chi connectivity index (χ2n) is 4.49. The van der Waals surface area contributed by atoms with Crippen molar-refractivity contribution in [1.82, 2.24) is 5.32 Å². The molecule has 1 aromatic rings. The molecule has 0 bridgehead atoms. The lowest BCUT2D eigenvalue weighted by molar-refractivity contribution is 0.321. The molecule has 2 atom stereocenters. The Morgan fingerprint density at radius 3 is 2.42 bits per heavy atom. The molecule has 2 unspecified atom stereocenters. The van der Waals surface area contributed by atoms with Crippen molar-refractivity contribution >= 4 is 11.8 Å². The first-order valence-electron chi connectivity index (χ1n) is 6.39. The molecule has 0 amide bonds. The van der Waals surface area contributed by atoms with Gasteiger partial charge < -0.3 is 19.5 Å². The zero-order valence-corrected chi connectivity index (χ0v) is 12.7. The van der Waals surface area contributed by atoms with E-state index in [9.17, 15) is 0 Å². The SMILES string of the molecule is COc1ccc(C2NCCC(C)S2)c(OC)c1OC. The van der Waals surface area contributed by atoms with E-state index in [-0.39, 0.29) is 5.37 Å². The minimum atomic E-state index is 0.235. The Morgan fingerprint density at radius 1 is 1.11 bits per heavy atom. The molecule has 106 valence electrons. The molecule has 1 aromatic carbocycles. The fourth-order valence-electron chi connectivity index (χ4n) is 2.28. The Bertz CT molecular complexity index is 439. The first-order chi connectivity index (χ1) is 9.21. The topological polar surface area (TPSA) is 39.7 Å². The van der Waals surface area contributed by atoms with Crippen LogP contribution in [0.4, 0.5) is 0 Å². The van der Waals surface area contributed by atoms with Crippen molar-refractivity contribution in [1.29, 1.82) is 0 Å². The molecule has 0 radical (unpaired) electrons. The summed E-state index contributed by atoms with van der Waals surface area (Å²) in [6.45, 7) is 3.28. The molecule has 5 heteroatoms. The summed E-state index contributed by atoms with van der Waals surface area (Å²) >= 11 is 1.91. The molecule has 1 heterocycles. The van der Waals surface area contributed by atoms with E-state index in [0.29, 0.717) is 16.7 Å². The summed E-state index contributed by atoms with van der Waals surface area (Å²) in [6.07, 6.45) is 1.19. The van der Waals surface area contributed by atoms with Crippen LogP contribution in [0, 0.1) is 0 Å². The third-order valence-corrected chi connectivity index (χ3v) is 4.66. The van der Waals surface area contributed by atoms with E-state index < -0.39 is 0 Å². The Kier molecular flexibility index (Phi) is 4.82. The molecule has 1 N–H and O–H groups in total. The van der Waals surface area contributed by atoms with Crippen molar-refractivity contribution in [2.45, 2.75) is 24.0 Å². The first kappa shape index (κ1) is 14.3. The zero-order chi connectivity index (χ0) is 13.8. The van der Waals surface area contributed by atoms with Crippen molar-refractivity contribution in [3.05, 3.63) is 17.7 Å². The second-order valence-corrected chi connectivity index (χ2v) is 6.04. The number of benzene rings is 1. The monoisotopic (exact) mass is 283 g/mol. The van der Waals surface area contributed by atoms with E-state index in [2.05, 4.69) is 12.2 Å². The normalized spacial score (nSPS) is 22.9. The number of methoxy groups -OCH3 is 3. The van der Waals surface area contributed by atoms with Crippen molar-refractivity contribution in [2.75, 3.05) is 27.9 Å². The van der Waals surface area contributed by atoms with Crippen LogP contribution in [-0.2, 0) is 0 Å². The van der Waals surface area contributed by atoms with Crippen molar-refractivity contribution < 1.29 is 14.2 Å². The van der Waals surface area contributed by atoms with Gasteiger partial charge in [-0.15, -0.1) is 11.8 Å². The number of rotatable bonds is 4. The van der Waals surface area contributed by atoms with Gasteiger partial charge in [-0.2, -0.15) is 0 Å². The predicted molar refractivity (Wildman–Crippen MR) is 78.5 cm³/mol. The van der Waals surface area contributed by atoms with Crippen LogP contribution in [0.2, 0.25) is 0 Å². The average Bonchev–Trinajstić information content (AvgIpc) is 2.45. The van der Waals surface area contributed by atoms with Crippen LogP contribution in [0.25, 0.3) is 0 Å². The van der Waals surface area contributed by atoms with Crippen molar-refractivity contribution in [3.8, 4) is 17.2 Å². The van der Waals surface area contributed by atoms with E-state index in [0.717, 1.165) is 17.9 Å². The highest BCUT2D eigenvalue weighted by Crippen LogP contribution is 2.46. The largest absolute Gasteiger partial charge is 0.493 e. The van der Waals surface area contributed by atoms with Crippen LogP contribution in [0.1, 0.15) is 24.3 Å². The molecule has 0 spiro atoms. The van der Waals surface area contributed by atoms with Gasteiger partial charge in [0.05, 0.1) is 26.7 Å². The van der Waals surface area contributed by atoms with Crippen molar-refractivity contribution in [2.24, 2.45) is 0 Å². The molecule has 2 rings (SSSR count). The number of hydrogen-bond acceptors (Lipinski definition) is 5. The summed E-state index contributed by atoms with van der Waals surface area (Å²) in [7, 11) is 4.93. The van der Waals surface area contributed by atoms with Crippen LogP contribution in [-0.4, -0.2) is 33.1 Å². The molecule has 19 heavy (non-hydrogen) atoms. The number of hydrogen-bond donors (Lipinski definition) is 1. The smallest absolute Gasteiger partial charge is 0.203 e. The van der Waals surface area contributed by atoms with Gasteiger partial charge in [0.15, 0.2) is 11.5 Å². The lowest BCUT2D eigenvalue weighted by Crippen LogP contribution is -2.29. The Hall–Kier alpha value is -1.07. The summed E-state index contributed by atoms with van der Waals surface area (Å²) in [5.74, 6) is 2.10. The van der Waals surface area contributed by atoms with Gasteiger partial charge in [0.25, 0.3) is 0 Å². The predicted octanol–water partition coefficient (Wildman–Crippen LogP) is 2.83. The molecule has 1 aliphatic rings. The quantitative estimate of drug-likeness (QED) is 0.920. The molecule has 1 fully saturated rings. The van der Waals surface area contributed by atoms with Crippen LogP contribution in [0.15, 0.2) is 12.1 Å². The standard InChI is InChI=1S/C14H21NO3S/c1-9-7-8-15-14(19-9)10-5-6-11(16-2)13(18-4)12(10)17-3/h5-6,9,14-15H,7-8H2,1-4H3. The highest BCUT2D eigenvalue weighted by Gasteiger charge is 2.26. The number of ether oxygens (including phenoxy) is 3. The molecule has 1 aliphatic heterocycles. The highest BCUT2D eigenvalue weighted by molar-refractivity contribution is 8.00. The van der Waals surface area contributed by atoms with E-state index in [1.54, 1.807) is 21.3 Å². The Labute approximate surface area is 118 Å². The van der Waals surface area contributed by atoms with Gasteiger partial charge in [0.2, 0.25) is 5.75 Å². The van der Waals surface area contributed by atoms with Gasteiger partial charge in [0, 0.05) is 10.8 Å². The fourth-order valence-corrected chi connectivity index (χ4v) is 3.55. The highest BCUT2D eigenvalue weighted by atomic mass is 32.2. The molecule has 0 saturated carbocycles. The average molecular weight is 283 g/mol. The van der Waals surface area contributed by atoms with Crippen LogP contribution in [0.5, 0.6) is 17.2 Å². The lowest BCUT2D eigenvalue weighted by atomic mass is 10.1. The molecule has 1 saturated heterocycles. The lowest BCUT2D eigenvalue weighted by Gasteiger charge is -2.29. The maximum absolute atomic E-state index is 5.54. The van der Waals surface area contributed by atoms with Gasteiger partial charge >= 0.3 is 0 Å². The summed E-state index contributed by atoms with van der Waals surface area (Å²) < 4.78 is 16.3. The zero-order valence-electron chi connectivity index (χ0n) is 11.9. The minimum absolute atomic E-state index is 0.235. The van der Waals surface area contributed by atoms with Gasteiger partial charge in [0.1, 0.15) is 0 Å². The van der Waals surface area contributed by atoms with E-state index in [1.165, 1.54) is 6.42 Å². The molecule has 4 nitrogen and oxygen atoms in total. The maximum atomic E-state index is 5.54. The van der Waals surface area contributed by atoms with Crippen LogP contribution in [0.3, 0.4) is 0 Å². The van der Waals surface area contributed by atoms with Gasteiger partial charge in [-0.05, 0) is 25.1 Å². The van der Waals surface area contributed by atoms with Crippen molar-refractivity contribution in [3.63, 3.8) is 0 Å². The third-order valence-electron chi connectivity index (χ3n) is 3.27. The van der Waals surface area contributed by atoms with Gasteiger partial charge in [-0.3, -0.25) is 0 Å².